The van der Waals surface area contributed by atoms with Crippen molar-refractivity contribution in [2.75, 3.05) is 0 Å². The first kappa shape index (κ1) is 30.8. The lowest BCUT2D eigenvalue weighted by Crippen LogP contribution is -2.63. The molecule has 3 saturated carbocycles. The van der Waals surface area contributed by atoms with Crippen molar-refractivity contribution in [3.8, 4) is 0 Å². The molecule has 0 heterocycles. The molecule has 4 aliphatic rings. The van der Waals surface area contributed by atoms with Crippen LogP contribution < -0.4 is 0 Å². The van der Waals surface area contributed by atoms with Crippen LogP contribution in [0.4, 0.5) is 0 Å². The predicted molar refractivity (Wildman–Crippen MR) is 148 cm³/mol. The zero-order valence-electron chi connectivity index (χ0n) is 25.3. The molecule has 3 N–H and O–H groups in total. The van der Waals surface area contributed by atoms with E-state index in [1.807, 2.05) is 20.8 Å². The van der Waals surface area contributed by atoms with Gasteiger partial charge in [0.25, 0.3) is 0 Å². The maximum absolute atomic E-state index is 14.3. The molecule has 0 bridgehead atoms. The third kappa shape index (κ3) is 4.11. The summed E-state index contributed by atoms with van der Waals surface area (Å²) in [6.45, 7) is 15.4. The number of fused-ring (bicyclic) bond motifs is 5. The highest BCUT2D eigenvalue weighted by Gasteiger charge is 2.73. The number of aliphatic hydroxyl groups is 3. The fraction of sp³-hybridized carbons (Fsp3) is 0.750. The first-order valence-electron chi connectivity index (χ1n) is 14.4. The van der Waals surface area contributed by atoms with Crippen LogP contribution in [0.5, 0.6) is 0 Å². The third-order valence-corrected chi connectivity index (χ3v) is 11.5. The van der Waals surface area contributed by atoms with Gasteiger partial charge >= 0.3 is 5.97 Å². The van der Waals surface area contributed by atoms with E-state index in [0.717, 1.165) is 5.57 Å². The van der Waals surface area contributed by atoms with Gasteiger partial charge in [0.05, 0.1) is 6.10 Å². The fourth-order valence-electron chi connectivity index (χ4n) is 9.43. The molecule has 8 nitrogen and oxygen atoms in total. The van der Waals surface area contributed by atoms with E-state index in [-0.39, 0.29) is 42.7 Å². The van der Waals surface area contributed by atoms with Crippen molar-refractivity contribution in [3.05, 3.63) is 23.8 Å². The monoisotopic (exact) mass is 558 g/mol. The maximum atomic E-state index is 14.3. The van der Waals surface area contributed by atoms with Crippen LogP contribution in [0.15, 0.2) is 23.8 Å². The van der Waals surface area contributed by atoms with Crippen LogP contribution in [0.25, 0.3) is 0 Å². The van der Waals surface area contributed by atoms with Crippen LogP contribution >= 0.6 is 0 Å². The lowest BCUT2D eigenvalue weighted by atomic mass is 9.40. The van der Waals surface area contributed by atoms with Crippen molar-refractivity contribution >= 4 is 23.3 Å². The molecule has 0 aliphatic heterocycles. The normalized spacial score (nSPS) is 42.4. The zero-order valence-corrected chi connectivity index (χ0v) is 25.3. The van der Waals surface area contributed by atoms with Crippen molar-refractivity contribution < 1.29 is 39.2 Å². The smallest absolute Gasteiger partial charge is 0.303 e. The average Bonchev–Trinajstić information content (AvgIpc) is 3.03. The lowest BCUT2D eigenvalue weighted by molar-refractivity contribution is -0.170. The molecule has 222 valence electrons. The average molecular weight is 559 g/mol. The Morgan fingerprint density at radius 1 is 1.05 bits per heavy atom. The van der Waals surface area contributed by atoms with Gasteiger partial charge in [-0.25, -0.2) is 0 Å². The molecule has 3 fully saturated rings. The van der Waals surface area contributed by atoms with Crippen LogP contribution in [0.3, 0.4) is 0 Å². The van der Waals surface area contributed by atoms with E-state index in [9.17, 15) is 34.5 Å². The van der Waals surface area contributed by atoms with Gasteiger partial charge in [-0.2, -0.15) is 0 Å². The number of hydrogen-bond acceptors (Lipinski definition) is 8. The van der Waals surface area contributed by atoms with E-state index in [2.05, 4.69) is 13.0 Å². The molecule has 0 aromatic heterocycles. The van der Waals surface area contributed by atoms with E-state index in [4.69, 9.17) is 4.74 Å². The van der Waals surface area contributed by atoms with Gasteiger partial charge in [0.15, 0.2) is 11.6 Å². The molecule has 0 aromatic rings. The summed E-state index contributed by atoms with van der Waals surface area (Å²) in [5.74, 6) is -2.85. The number of carbonyl (C=O) groups is 4. The number of carbonyl (C=O) groups excluding carboxylic acids is 4. The second-order valence-electron chi connectivity index (χ2n) is 14.8. The van der Waals surface area contributed by atoms with E-state index in [0.29, 0.717) is 6.42 Å². The van der Waals surface area contributed by atoms with Crippen molar-refractivity contribution in [2.24, 2.45) is 39.4 Å². The van der Waals surface area contributed by atoms with E-state index in [1.165, 1.54) is 26.0 Å². The summed E-state index contributed by atoms with van der Waals surface area (Å²) in [5.41, 5.74) is -5.49. The highest BCUT2D eigenvalue weighted by atomic mass is 16.6. The first-order valence-corrected chi connectivity index (χ1v) is 14.4. The Bertz CT molecular complexity index is 1210. The molecule has 4 rings (SSSR count). The van der Waals surface area contributed by atoms with Gasteiger partial charge in [-0.05, 0) is 69.4 Å². The number of allylic oxidation sites excluding steroid dienone is 2. The number of ketones is 3. The number of aliphatic hydroxyl groups excluding tert-OH is 2. The minimum absolute atomic E-state index is 0.0528. The molecule has 0 radical (unpaired) electrons. The number of Topliss-reactive ketones (excluding diaryl/α,β-unsaturated/α-hetero) is 2. The molecule has 0 unspecified atom stereocenters. The van der Waals surface area contributed by atoms with Gasteiger partial charge < -0.3 is 20.1 Å². The number of rotatable bonds is 5. The van der Waals surface area contributed by atoms with Crippen molar-refractivity contribution in [1.29, 1.82) is 0 Å². The minimum Gasteiger partial charge on any atom is -0.456 e. The van der Waals surface area contributed by atoms with Crippen LogP contribution in [0, 0.1) is 39.4 Å². The number of ether oxygens (including phenoxy) is 1. The highest BCUT2D eigenvalue weighted by Crippen LogP contribution is 2.72. The summed E-state index contributed by atoms with van der Waals surface area (Å²) >= 11 is 0. The van der Waals surface area contributed by atoms with E-state index >= 15 is 0 Å². The minimum atomic E-state index is -2.08. The molecule has 0 amide bonds. The Morgan fingerprint density at radius 3 is 2.23 bits per heavy atom. The molecule has 4 aliphatic carbocycles. The Kier molecular flexibility index (Phi) is 7.06. The molecule has 0 aromatic carbocycles. The molecule has 0 spiro atoms. The summed E-state index contributed by atoms with van der Waals surface area (Å²) in [7, 11) is 0. The Balaban J connectivity index is 1.75. The SMILES string of the molecule is CC(=O)OC(C)(C)C=CC(=O)[C@@](C)(O)[C@@H]1[C@@H](O)C[C@]2(C)C3=CC[C@@H]4C(C)(C)C(=O)[C@H](O)C[C@@]4(C)[C@@H]3CC(=O)[C@@]12C. The molecule has 8 heteroatoms. The van der Waals surface area contributed by atoms with Crippen LogP contribution in [-0.2, 0) is 23.9 Å². The van der Waals surface area contributed by atoms with Gasteiger partial charge in [0.2, 0.25) is 0 Å². The quantitative estimate of drug-likeness (QED) is 0.265. The lowest BCUT2D eigenvalue weighted by Gasteiger charge is -2.63. The maximum Gasteiger partial charge on any atom is 0.303 e. The summed E-state index contributed by atoms with van der Waals surface area (Å²) in [6.07, 6.45) is 3.67. The van der Waals surface area contributed by atoms with Crippen molar-refractivity contribution in [3.63, 3.8) is 0 Å². The fourth-order valence-corrected chi connectivity index (χ4v) is 9.43. The largest absolute Gasteiger partial charge is 0.456 e. The predicted octanol–water partition coefficient (Wildman–Crippen LogP) is 3.50. The van der Waals surface area contributed by atoms with E-state index < -0.39 is 62.7 Å². The van der Waals surface area contributed by atoms with Gasteiger partial charge in [0, 0.05) is 35.5 Å². The molecule has 40 heavy (non-hydrogen) atoms. The van der Waals surface area contributed by atoms with Crippen molar-refractivity contribution in [1.82, 2.24) is 0 Å². The van der Waals surface area contributed by atoms with Crippen LogP contribution in [-0.4, -0.2) is 62.0 Å². The molecular weight excluding hydrogens is 512 g/mol. The van der Waals surface area contributed by atoms with Gasteiger partial charge in [-0.3, -0.25) is 19.2 Å². The molecular formula is C32H46O8. The van der Waals surface area contributed by atoms with Gasteiger partial charge in [0.1, 0.15) is 23.1 Å². The van der Waals surface area contributed by atoms with Gasteiger partial charge in [-0.1, -0.05) is 46.3 Å². The van der Waals surface area contributed by atoms with Gasteiger partial charge in [-0.15, -0.1) is 0 Å². The summed E-state index contributed by atoms with van der Waals surface area (Å²) in [6, 6.07) is 0. The van der Waals surface area contributed by atoms with Crippen LogP contribution in [0.1, 0.15) is 88.0 Å². The molecule has 0 saturated heterocycles. The van der Waals surface area contributed by atoms with Crippen molar-refractivity contribution in [2.45, 2.75) is 111 Å². The first-order chi connectivity index (χ1) is 18.1. The summed E-state index contributed by atoms with van der Waals surface area (Å²) in [5, 5.41) is 34.0. The van der Waals surface area contributed by atoms with Crippen LogP contribution in [0.2, 0.25) is 0 Å². The van der Waals surface area contributed by atoms with E-state index in [1.54, 1.807) is 20.8 Å². The third-order valence-electron chi connectivity index (χ3n) is 11.5. The zero-order chi connectivity index (χ0) is 30.4. The topological polar surface area (TPSA) is 138 Å². The Hall–Kier alpha value is -2.16. The molecule has 9 atom stereocenters. The second-order valence-corrected chi connectivity index (χ2v) is 14.8. The number of hydrogen-bond donors (Lipinski definition) is 3. The summed E-state index contributed by atoms with van der Waals surface area (Å²) in [4.78, 5) is 52.1. The standard InChI is InChI=1S/C32H46O8/c1-17(33)40-27(2,3)13-12-23(36)32(9,39)25-20(34)16-30(7)18-10-11-22-28(4,5)26(38)21(35)15-29(22,6)19(18)14-24(37)31(25,30)8/h10,12-13,19-22,25,34-35,39H,11,14-16H2,1-9H3/t19-,20+,21-,22-,25-,29+,30-,31+,32-/m1/s1. The number of esters is 1. The highest BCUT2D eigenvalue weighted by molar-refractivity contribution is 5.99. The Labute approximate surface area is 237 Å². The second kappa shape index (κ2) is 9.17. The summed E-state index contributed by atoms with van der Waals surface area (Å²) < 4.78 is 5.22. The Morgan fingerprint density at radius 2 is 1.65 bits per heavy atom.